The average molecular weight is 269 g/mol. The topological polar surface area (TPSA) is 96.5 Å². The maximum absolute atomic E-state index is 11.7. The van der Waals surface area contributed by atoms with Crippen LogP contribution in [-0.2, 0) is 14.4 Å². The number of amides is 4. The Labute approximate surface area is 111 Å². The average Bonchev–Trinajstić information content (AvgIpc) is 2.34. The molecule has 0 spiro atoms. The van der Waals surface area contributed by atoms with Crippen molar-refractivity contribution in [2.24, 2.45) is 0 Å². The van der Waals surface area contributed by atoms with Gasteiger partial charge in [0.05, 0.1) is 12.3 Å². The van der Waals surface area contributed by atoms with Crippen LogP contribution in [0.2, 0.25) is 0 Å². The molecule has 1 fully saturated rings. The lowest BCUT2D eigenvalue weighted by Gasteiger charge is -2.19. The summed E-state index contributed by atoms with van der Waals surface area (Å²) in [6.45, 7) is 4.24. The van der Waals surface area contributed by atoms with Gasteiger partial charge >= 0.3 is 6.03 Å². The molecule has 7 nitrogen and oxygen atoms in total. The zero-order valence-corrected chi connectivity index (χ0v) is 11.2. The first-order chi connectivity index (χ1) is 9.10. The Morgan fingerprint density at radius 3 is 2.26 bits per heavy atom. The molecule has 19 heavy (non-hydrogen) atoms. The van der Waals surface area contributed by atoms with E-state index in [0.29, 0.717) is 18.7 Å². The molecule has 1 aliphatic rings. The second-order valence-corrected chi connectivity index (χ2v) is 4.08. The lowest BCUT2D eigenvalue weighted by atomic mass is 10.1. The van der Waals surface area contributed by atoms with Crippen LogP contribution in [0.15, 0.2) is 11.3 Å². The van der Waals surface area contributed by atoms with Gasteiger partial charge in [0.15, 0.2) is 0 Å². The number of carbonyl (C=O) groups excluding carboxylic acids is 3. The molecule has 1 rings (SSSR count). The lowest BCUT2D eigenvalue weighted by molar-refractivity contribution is -0.124. The van der Waals surface area contributed by atoms with Crippen molar-refractivity contribution in [3.63, 3.8) is 0 Å². The third kappa shape index (κ3) is 4.36. The summed E-state index contributed by atoms with van der Waals surface area (Å²) < 4.78 is 0. The molecule has 1 heterocycles. The molecule has 0 radical (unpaired) electrons. The van der Waals surface area contributed by atoms with Crippen LogP contribution in [0.25, 0.3) is 0 Å². The number of unbranched alkanes of at least 4 members (excludes halogenated alkanes) is 2. The van der Waals surface area contributed by atoms with Gasteiger partial charge in [-0.2, -0.15) is 0 Å². The number of imide groups is 2. The van der Waals surface area contributed by atoms with Crippen molar-refractivity contribution in [2.75, 3.05) is 6.61 Å². The number of hydrogen-bond donors (Lipinski definition) is 3. The lowest BCUT2D eigenvalue weighted by Crippen LogP contribution is -2.52. The van der Waals surface area contributed by atoms with E-state index in [0.717, 1.165) is 19.3 Å². The molecule has 0 aromatic carbocycles. The monoisotopic (exact) mass is 269 g/mol. The van der Waals surface area contributed by atoms with Gasteiger partial charge in [0.1, 0.15) is 5.57 Å². The molecule has 106 valence electrons. The summed E-state index contributed by atoms with van der Waals surface area (Å²) in [7, 11) is 0. The van der Waals surface area contributed by atoms with E-state index in [9.17, 15) is 14.4 Å². The number of nitrogens with one attached hydrogen (secondary N) is 3. The maximum atomic E-state index is 11.7. The van der Waals surface area contributed by atoms with E-state index in [4.69, 9.17) is 4.84 Å². The van der Waals surface area contributed by atoms with Crippen LogP contribution in [0.3, 0.4) is 0 Å². The first kappa shape index (κ1) is 15.2. The summed E-state index contributed by atoms with van der Waals surface area (Å²) in [6.07, 6.45) is 3.34. The molecule has 1 aliphatic heterocycles. The fourth-order valence-corrected chi connectivity index (χ4v) is 1.68. The Hall–Kier alpha value is -1.89. The third-order valence-electron chi connectivity index (χ3n) is 2.58. The predicted molar refractivity (Wildman–Crippen MR) is 67.6 cm³/mol. The first-order valence-electron chi connectivity index (χ1n) is 6.37. The Bertz CT molecular complexity index is 382. The molecule has 0 aromatic rings. The summed E-state index contributed by atoms with van der Waals surface area (Å²) in [4.78, 5) is 39.5. The van der Waals surface area contributed by atoms with E-state index < -0.39 is 17.8 Å². The normalized spacial score (nSPS) is 15.1. The highest BCUT2D eigenvalue weighted by Gasteiger charge is 2.31. The number of rotatable bonds is 7. The number of allylic oxidation sites excluding steroid dienone is 1. The highest BCUT2D eigenvalue weighted by molar-refractivity contribution is 6.29. The molecule has 3 N–H and O–H groups in total. The second kappa shape index (κ2) is 7.52. The van der Waals surface area contributed by atoms with Gasteiger partial charge in [-0.1, -0.05) is 19.8 Å². The number of barbiturate groups is 1. The van der Waals surface area contributed by atoms with Crippen LogP contribution >= 0.6 is 0 Å². The van der Waals surface area contributed by atoms with Crippen LogP contribution in [0.5, 0.6) is 0 Å². The van der Waals surface area contributed by atoms with Crippen molar-refractivity contribution >= 4 is 17.8 Å². The minimum Gasteiger partial charge on any atom is -0.277 e. The van der Waals surface area contributed by atoms with Crippen LogP contribution in [0, 0.1) is 0 Å². The molecular formula is C12H19N3O4. The molecule has 7 heteroatoms. The van der Waals surface area contributed by atoms with Crippen LogP contribution in [-0.4, -0.2) is 24.5 Å². The number of hydrogen-bond acceptors (Lipinski definition) is 5. The number of carbonyl (C=O) groups is 3. The molecular weight excluding hydrogens is 250 g/mol. The van der Waals surface area contributed by atoms with Crippen molar-refractivity contribution in [1.29, 1.82) is 0 Å². The largest absolute Gasteiger partial charge is 0.328 e. The zero-order valence-electron chi connectivity index (χ0n) is 11.2. The standard InChI is InChI=1S/C12H19N3O4/c1-3-5-6-7-8(15-19-4-2)9-10(16)13-12(18)14-11(9)17/h15H,3-7H2,1-2H3,(H2,13,14,16,17,18). The summed E-state index contributed by atoms with van der Waals surface area (Å²) in [5.41, 5.74) is 2.93. The molecule has 0 atom stereocenters. The van der Waals surface area contributed by atoms with Crippen molar-refractivity contribution < 1.29 is 19.2 Å². The molecule has 4 amide bonds. The SMILES string of the molecule is CCCCCC(NOCC)=C1C(=O)NC(=O)NC1=O. The van der Waals surface area contributed by atoms with Gasteiger partial charge < -0.3 is 0 Å². The second-order valence-electron chi connectivity index (χ2n) is 4.08. The molecule has 0 saturated carbocycles. The van der Waals surface area contributed by atoms with Gasteiger partial charge in [-0.3, -0.25) is 30.5 Å². The van der Waals surface area contributed by atoms with E-state index in [1.54, 1.807) is 6.92 Å². The fourth-order valence-electron chi connectivity index (χ4n) is 1.68. The van der Waals surface area contributed by atoms with Gasteiger partial charge in [-0.15, -0.1) is 0 Å². The Kier molecular flexibility index (Phi) is 6.01. The molecule has 0 bridgehead atoms. The molecule has 1 saturated heterocycles. The van der Waals surface area contributed by atoms with Gasteiger partial charge in [-0.25, -0.2) is 4.79 Å². The van der Waals surface area contributed by atoms with Gasteiger partial charge in [0.25, 0.3) is 11.8 Å². The predicted octanol–water partition coefficient (Wildman–Crippen LogP) is 0.728. The Balaban J connectivity index is 2.89. The van der Waals surface area contributed by atoms with E-state index >= 15 is 0 Å². The smallest absolute Gasteiger partial charge is 0.277 e. The van der Waals surface area contributed by atoms with Crippen molar-refractivity contribution in [1.82, 2.24) is 16.1 Å². The first-order valence-corrected chi connectivity index (χ1v) is 6.37. The fraction of sp³-hybridized carbons (Fsp3) is 0.583. The maximum Gasteiger partial charge on any atom is 0.328 e. The third-order valence-corrected chi connectivity index (χ3v) is 2.58. The Morgan fingerprint density at radius 1 is 1.11 bits per heavy atom. The number of urea groups is 1. The molecule has 0 aromatic heterocycles. The quantitative estimate of drug-likeness (QED) is 0.274. The van der Waals surface area contributed by atoms with E-state index in [-0.39, 0.29) is 5.57 Å². The van der Waals surface area contributed by atoms with Crippen molar-refractivity contribution in [3.05, 3.63) is 11.3 Å². The van der Waals surface area contributed by atoms with E-state index in [1.807, 2.05) is 10.6 Å². The van der Waals surface area contributed by atoms with Crippen molar-refractivity contribution in [2.45, 2.75) is 39.5 Å². The van der Waals surface area contributed by atoms with Crippen molar-refractivity contribution in [3.8, 4) is 0 Å². The molecule has 0 unspecified atom stereocenters. The van der Waals surface area contributed by atoms with E-state index in [2.05, 4.69) is 12.4 Å². The zero-order chi connectivity index (χ0) is 14.3. The summed E-state index contributed by atoms with van der Waals surface area (Å²) in [5.74, 6) is -1.40. The van der Waals surface area contributed by atoms with Crippen LogP contribution in [0.1, 0.15) is 39.5 Å². The van der Waals surface area contributed by atoms with Gasteiger partial charge in [0, 0.05) is 0 Å². The number of hydroxylamine groups is 1. The van der Waals surface area contributed by atoms with Gasteiger partial charge in [0.2, 0.25) is 0 Å². The van der Waals surface area contributed by atoms with Crippen LogP contribution in [0.4, 0.5) is 4.79 Å². The van der Waals surface area contributed by atoms with E-state index in [1.165, 1.54) is 0 Å². The molecule has 0 aliphatic carbocycles. The van der Waals surface area contributed by atoms with Gasteiger partial charge in [-0.05, 0) is 19.8 Å². The summed E-state index contributed by atoms with van der Waals surface area (Å²) >= 11 is 0. The minimum absolute atomic E-state index is 0.0934. The highest BCUT2D eigenvalue weighted by atomic mass is 16.6. The van der Waals surface area contributed by atoms with Crippen LogP contribution < -0.4 is 16.1 Å². The Morgan fingerprint density at radius 2 is 1.74 bits per heavy atom. The summed E-state index contributed by atoms with van der Waals surface area (Å²) in [6, 6.07) is -0.803. The minimum atomic E-state index is -0.803. The highest BCUT2D eigenvalue weighted by Crippen LogP contribution is 2.14. The summed E-state index contributed by atoms with van der Waals surface area (Å²) in [5, 5.41) is 4.09.